The maximum absolute atomic E-state index is 5.44. The Morgan fingerprint density at radius 1 is 0.875 bits per heavy atom. The minimum absolute atomic E-state index is 1.03. The quantitative estimate of drug-likeness (QED) is 0.721. The lowest BCUT2D eigenvalue weighted by Crippen LogP contribution is -2.15. The molecule has 0 aliphatic heterocycles. The Bertz CT molecular complexity index is 453. The largest absolute Gasteiger partial charge is 0.272 e. The molecule has 0 spiro atoms. The molecule has 0 aliphatic carbocycles. The van der Waals surface area contributed by atoms with Crippen LogP contribution in [0.1, 0.15) is 5.56 Å². The molecule has 2 rings (SSSR count). The number of benzene rings is 2. The molecule has 0 N–H and O–H groups in total. The molecule has 0 fully saturated rings. The van der Waals surface area contributed by atoms with Gasteiger partial charge in [0.1, 0.15) is 0 Å². The van der Waals surface area contributed by atoms with Crippen molar-refractivity contribution in [2.75, 3.05) is 12.2 Å². The third kappa shape index (κ3) is 2.07. The van der Waals surface area contributed by atoms with Crippen LogP contribution in [0.25, 0.3) is 0 Å². The first-order valence-electron chi connectivity index (χ1n) is 5.28. The van der Waals surface area contributed by atoms with Crippen LogP contribution in [-0.4, -0.2) is 7.11 Å². The van der Waals surface area contributed by atoms with Crippen LogP contribution in [0.3, 0.4) is 0 Å². The van der Waals surface area contributed by atoms with Gasteiger partial charge in [-0.05, 0) is 30.7 Å². The summed E-state index contributed by atoms with van der Waals surface area (Å²) in [5.41, 5.74) is 3.28. The number of rotatable bonds is 3. The summed E-state index contributed by atoms with van der Waals surface area (Å²) < 4.78 is 0. The molecule has 16 heavy (non-hydrogen) atoms. The van der Waals surface area contributed by atoms with Crippen LogP contribution in [0.4, 0.5) is 11.4 Å². The van der Waals surface area contributed by atoms with Gasteiger partial charge in [0, 0.05) is 0 Å². The lowest BCUT2D eigenvalue weighted by atomic mass is 10.2. The fourth-order valence-corrected chi connectivity index (χ4v) is 1.70. The molecule has 2 nitrogen and oxygen atoms in total. The molecule has 0 heterocycles. The van der Waals surface area contributed by atoms with Crippen LogP contribution in [0.2, 0.25) is 0 Å². The number of para-hydroxylation sites is 2. The van der Waals surface area contributed by atoms with E-state index in [1.54, 1.807) is 7.11 Å². The average Bonchev–Trinajstić information content (AvgIpc) is 2.34. The van der Waals surface area contributed by atoms with Crippen LogP contribution >= 0.6 is 0 Å². The molecule has 0 saturated carbocycles. The predicted molar refractivity (Wildman–Crippen MR) is 66.8 cm³/mol. The van der Waals surface area contributed by atoms with E-state index in [1.165, 1.54) is 5.56 Å². The van der Waals surface area contributed by atoms with Crippen molar-refractivity contribution in [3.05, 3.63) is 60.2 Å². The third-order valence-corrected chi connectivity index (χ3v) is 2.51. The zero-order chi connectivity index (χ0) is 11.4. The van der Waals surface area contributed by atoms with Crippen molar-refractivity contribution in [1.29, 1.82) is 0 Å². The minimum atomic E-state index is 1.03. The van der Waals surface area contributed by atoms with Gasteiger partial charge in [0.2, 0.25) is 0 Å². The van der Waals surface area contributed by atoms with Crippen molar-refractivity contribution in [1.82, 2.24) is 0 Å². The van der Waals surface area contributed by atoms with Gasteiger partial charge in [0.15, 0.2) is 0 Å². The fraction of sp³-hybridized carbons (Fsp3) is 0.143. The van der Waals surface area contributed by atoms with Crippen molar-refractivity contribution in [2.24, 2.45) is 0 Å². The molecule has 0 atom stereocenters. The second kappa shape index (κ2) is 4.81. The molecule has 0 aromatic heterocycles. The van der Waals surface area contributed by atoms with E-state index in [-0.39, 0.29) is 0 Å². The standard InChI is InChI=1S/C14H15NO/c1-12-8-6-7-11-14(12)15(16-2)13-9-4-3-5-10-13/h3-11H,1-2H3. The monoisotopic (exact) mass is 213 g/mol. The van der Waals surface area contributed by atoms with E-state index in [1.807, 2.05) is 53.6 Å². The second-order valence-electron chi connectivity index (χ2n) is 3.60. The van der Waals surface area contributed by atoms with Gasteiger partial charge in [-0.25, -0.2) is 5.06 Å². The van der Waals surface area contributed by atoms with E-state index in [4.69, 9.17) is 4.84 Å². The molecule has 2 aromatic rings. The fourth-order valence-electron chi connectivity index (χ4n) is 1.70. The van der Waals surface area contributed by atoms with Gasteiger partial charge in [0.25, 0.3) is 0 Å². The Labute approximate surface area is 96.0 Å². The summed E-state index contributed by atoms with van der Waals surface area (Å²) in [7, 11) is 1.68. The highest BCUT2D eigenvalue weighted by atomic mass is 16.7. The van der Waals surface area contributed by atoms with Crippen LogP contribution in [0.5, 0.6) is 0 Å². The summed E-state index contributed by atoms with van der Waals surface area (Å²) in [6.07, 6.45) is 0. The smallest absolute Gasteiger partial charge is 0.0724 e. The van der Waals surface area contributed by atoms with Crippen molar-refractivity contribution in [3.63, 3.8) is 0 Å². The van der Waals surface area contributed by atoms with Crippen LogP contribution in [0, 0.1) is 6.92 Å². The number of nitrogens with zero attached hydrogens (tertiary/aromatic N) is 1. The highest BCUT2D eigenvalue weighted by molar-refractivity contribution is 5.63. The maximum Gasteiger partial charge on any atom is 0.0724 e. The van der Waals surface area contributed by atoms with Crippen LogP contribution in [0.15, 0.2) is 54.6 Å². The van der Waals surface area contributed by atoms with Gasteiger partial charge in [-0.2, -0.15) is 0 Å². The van der Waals surface area contributed by atoms with E-state index in [9.17, 15) is 0 Å². The van der Waals surface area contributed by atoms with Gasteiger partial charge < -0.3 is 0 Å². The molecule has 0 aliphatic rings. The molecular formula is C14H15NO. The predicted octanol–water partition coefficient (Wildman–Crippen LogP) is 3.69. The van der Waals surface area contributed by atoms with Crippen LogP contribution < -0.4 is 5.06 Å². The summed E-state index contributed by atoms with van der Waals surface area (Å²) in [4.78, 5) is 5.44. The Hall–Kier alpha value is -1.80. The SMILES string of the molecule is CON(c1ccccc1)c1ccccc1C. The third-order valence-electron chi connectivity index (χ3n) is 2.51. The number of aryl methyl sites for hydroxylation is 1. The molecule has 2 aromatic carbocycles. The average molecular weight is 213 g/mol. The number of anilines is 2. The van der Waals surface area contributed by atoms with E-state index in [0.29, 0.717) is 0 Å². The van der Waals surface area contributed by atoms with Crippen molar-refractivity contribution >= 4 is 11.4 Å². The van der Waals surface area contributed by atoms with E-state index >= 15 is 0 Å². The minimum Gasteiger partial charge on any atom is -0.272 e. The summed E-state index contributed by atoms with van der Waals surface area (Å²) in [6.45, 7) is 2.07. The van der Waals surface area contributed by atoms with E-state index in [2.05, 4.69) is 13.0 Å². The van der Waals surface area contributed by atoms with E-state index in [0.717, 1.165) is 11.4 Å². The van der Waals surface area contributed by atoms with Gasteiger partial charge in [0.05, 0.1) is 18.5 Å². The Morgan fingerprint density at radius 2 is 1.50 bits per heavy atom. The van der Waals surface area contributed by atoms with Crippen molar-refractivity contribution in [2.45, 2.75) is 6.92 Å². The van der Waals surface area contributed by atoms with Crippen molar-refractivity contribution in [3.8, 4) is 0 Å². The first kappa shape index (κ1) is 10.7. The molecule has 0 unspecified atom stereocenters. The maximum atomic E-state index is 5.44. The highest BCUT2D eigenvalue weighted by Crippen LogP contribution is 2.27. The molecule has 0 radical (unpaired) electrons. The van der Waals surface area contributed by atoms with Crippen molar-refractivity contribution < 1.29 is 4.84 Å². The zero-order valence-corrected chi connectivity index (χ0v) is 9.55. The topological polar surface area (TPSA) is 12.5 Å². The molecule has 82 valence electrons. The van der Waals surface area contributed by atoms with E-state index < -0.39 is 0 Å². The second-order valence-corrected chi connectivity index (χ2v) is 3.60. The first-order valence-corrected chi connectivity index (χ1v) is 5.28. The zero-order valence-electron chi connectivity index (χ0n) is 9.55. The molecule has 0 saturated heterocycles. The van der Waals surface area contributed by atoms with Gasteiger partial charge in [-0.1, -0.05) is 36.4 Å². The lowest BCUT2D eigenvalue weighted by Gasteiger charge is -2.23. The Kier molecular flexibility index (Phi) is 3.22. The molecular weight excluding hydrogens is 198 g/mol. The normalized spacial score (nSPS) is 10.1. The summed E-state index contributed by atoms with van der Waals surface area (Å²) in [5, 5.41) is 1.83. The Balaban J connectivity index is 2.41. The summed E-state index contributed by atoms with van der Waals surface area (Å²) >= 11 is 0. The lowest BCUT2D eigenvalue weighted by molar-refractivity contribution is 0.201. The summed E-state index contributed by atoms with van der Waals surface area (Å²) in [5.74, 6) is 0. The number of hydrogen-bond donors (Lipinski definition) is 0. The molecule has 2 heteroatoms. The first-order chi connectivity index (χ1) is 7.83. The molecule has 0 bridgehead atoms. The molecule has 0 amide bonds. The van der Waals surface area contributed by atoms with Gasteiger partial charge in [-0.3, -0.25) is 4.84 Å². The van der Waals surface area contributed by atoms with Crippen LogP contribution in [-0.2, 0) is 4.84 Å². The number of hydrogen-bond acceptors (Lipinski definition) is 2. The summed E-state index contributed by atoms with van der Waals surface area (Å²) in [6, 6.07) is 18.2. The highest BCUT2D eigenvalue weighted by Gasteiger charge is 2.09. The van der Waals surface area contributed by atoms with Gasteiger partial charge in [-0.15, -0.1) is 0 Å². The Morgan fingerprint density at radius 3 is 2.12 bits per heavy atom. The van der Waals surface area contributed by atoms with Gasteiger partial charge >= 0.3 is 0 Å².